The van der Waals surface area contributed by atoms with Crippen LogP contribution < -0.4 is 9.64 Å². The number of amides is 1. The molecule has 8 nitrogen and oxygen atoms in total. The molecule has 3 aromatic rings. The lowest BCUT2D eigenvalue weighted by atomic mass is 10.1. The van der Waals surface area contributed by atoms with Gasteiger partial charge in [-0.1, -0.05) is 24.8 Å². The van der Waals surface area contributed by atoms with E-state index in [4.69, 9.17) is 13.6 Å². The molecule has 1 fully saturated rings. The zero-order chi connectivity index (χ0) is 20.9. The largest absolute Gasteiger partial charge is 0.489 e. The van der Waals surface area contributed by atoms with Crippen molar-refractivity contribution in [3.8, 4) is 23.5 Å². The van der Waals surface area contributed by atoms with Crippen LogP contribution in [0.2, 0.25) is 0 Å². The third-order valence-corrected chi connectivity index (χ3v) is 4.78. The van der Waals surface area contributed by atoms with Crippen molar-refractivity contribution in [3.63, 3.8) is 0 Å². The summed E-state index contributed by atoms with van der Waals surface area (Å²) in [6.45, 7) is 5.97. The van der Waals surface area contributed by atoms with E-state index in [-0.39, 0.29) is 17.5 Å². The van der Waals surface area contributed by atoms with Gasteiger partial charge in [0.05, 0.1) is 11.8 Å². The lowest BCUT2D eigenvalue weighted by Gasteiger charge is -2.34. The van der Waals surface area contributed by atoms with Gasteiger partial charge in [-0.15, -0.1) is 0 Å². The van der Waals surface area contributed by atoms with Crippen LogP contribution >= 0.6 is 0 Å². The van der Waals surface area contributed by atoms with Crippen molar-refractivity contribution in [2.24, 2.45) is 0 Å². The summed E-state index contributed by atoms with van der Waals surface area (Å²) in [4.78, 5) is 20.9. The zero-order valence-corrected chi connectivity index (χ0v) is 16.3. The highest BCUT2D eigenvalue weighted by molar-refractivity contribution is 5.97. The van der Waals surface area contributed by atoms with Crippen LogP contribution in [0.3, 0.4) is 0 Å². The number of hydrogen-bond donors (Lipinski definition) is 0. The molecule has 1 amide bonds. The van der Waals surface area contributed by atoms with Crippen molar-refractivity contribution in [2.75, 3.05) is 37.7 Å². The minimum Gasteiger partial charge on any atom is -0.489 e. The molecule has 0 N–H and O–H groups in total. The summed E-state index contributed by atoms with van der Waals surface area (Å²) in [6.07, 6.45) is 3.16. The number of ether oxygens (including phenoxy) is 1. The Balaban J connectivity index is 1.47. The highest BCUT2D eigenvalue weighted by Crippen LogP contribution is 2.29. The van der Waals surface area contributed by atoms with Gasteiger partial charge in [-0.05, 0) is 24.3 Å². The van der Waals surface area contributed by atoms with Gasteiger partial charge in [0, 0.05) is 26.2 Å². The summed E-state index contributed by atoms with van der Waals surface area (Å²) in [5, 5.41) is 9.44. The number of furan rings is 1. The summed E-state index contributed by atoms with van der Waals surface area (Å²) < 4.78 is 16.7. The third kappa shape index (κ3) is 3.78. The molecule has 0 radical (unpaired) electrons. The number of nitriles is 1. The van der Waals surface area contributed by atoms with Gasteiger partial charge in [-0.25, -0.2) is 0 Å². The van der Waals surface area contributed by atoms with Crippen LogP contribution in [0.25, 0.3) is 11.7 Å². The summed E-state index contributed by atoms with van der Waals surface area (Å²) in [7, 11) is 0. The molecule has 0 spiro atoms. The van der Waals surface area contributed by atoms with Crippen molar-refractivity contribution in [1.82, 2.24) is 9.88 Å². The Morgan fingerprint density at radius 2 is 2.03 bits per heavy atom. The van der Waals surface area contributed by atoms with Crippen LogP contribution in [0.1, 0.15) is 16.1 Å². The Morgan fingerprint density at radius 3 is 2.73 bits per heavy atom. The van der Waals surface area contributed by atoms with Crippen LogP contribution in [-0.2, 0) is 0 Å². The standard InChI is InChI=1S/C22H20N4O4/c1-2-13-28-18-7-4-3-6-16(18)21(27)25-9-11-26(12-10-25)22-17(15-23)24-20(30-22)19-8-5-14-29-19/h2-8,14H,1,9-13H2. The van der Waals surface area contributed by atoms with Crippen molar-refractivity contribution in [1.29, 1.82) is 5.26 Å². The highest BCUT2D eigenvalue weighted by Gasteiger charge is 2.28. The van der Waals surface area contributed by atoms with E-state index in [1.165, 1.54) is 6.26 Å². The molecule has 2 aromatic heterocycles. The molecule has 4 rings (SSSR count). The average molecular weight is 404 g/mol. The molecule has 152 valence electrons. The van der Waals surface area contributed by atoms with E-state index in [2.05, 4.69) is 17.6 Å². The fraction of sp³-hybridized carbons (Fsp3) is 0.227. The SMILES string of the molecule is C=CCOc1ccccc1C(=O)N1CCN(c2oc(-c3ccco3)nc2C#N)CC1. The van der Waals surface area contributed by atoms with E-state index < -0.39 is 0 Å². The summed E-state index contributed by atoms with van der Waals surface area (Å²) in [5.41, 5.74) is 0.717. The van der Waals surface area contributed by atoms with Crippen molar-refractivity contribution < 1.29 is 18.4 Å². The number of carbonyl (C=O) groups excluding carboxylic acids is 1. The summed E-state index contributed by atoms with van der Waals surface area (Å²) >= 11 is 0. The molecule has 30 heavy (non-hydrogen) atoms. The molecule has 1 aromatic carbocycles. The zero-order valence-electron chi connectivity index (χ0n) is 16.3. The van der Waals surface area contributed by atoms with E-state index in [9.17, 15) is 10.1 Å². The van der Waals surface area contributed by atoms with Gasteiger partial charge in [-0.3, -0.25) is 4.79 Å². The number of aromatic nitrogens is 1. The number of oxazole rings is 1. The maximum absolute atomic E-state index is 13.0. The van der Waals surface area contributed by atoms with E-state index in [1.807, 2.05) is 17.0 Å². The molecule has 1 aliphatic heterocycles. The second kappa shape index (κ2) is 8.57. The number of anilines is 1. The predicted octanol–water partition coefficient (Wildman–Crippen LogP) is 3.33. The number of rotatable bonds is 6. The number of para-hydroxylation sites is 1. The van der Waals surface area contributed by atoms with Gasteiger partial charge in [0.15, 0.2) is 5.76 Å². The molecule has 8 heteroatoms. The maximum Gasteiger partial charge on any atom is 0.266 e. The van der Waals surface area contributed by atoms with Crippen LogP contribution in [0.4, 0.5) is 5.88 Å². The molecule has 0 unspecified atom stereocenters. The lowest BCUT2D eigenvalue weighted by Crippen LogP contribution is -2.49. The number of hydrogen-bond acceptors (Lipinski definition) is 7. The number of piperazine rings is 1. The molecular weight excluding hydrogens is 384 g/mol. The second-order valence-corrected chi connectivity index (χ2v) is 6.64. The van der Waals surface area contributed by atoms with Gasteiger partial charge in [-0.2, -0.15) is 10.2 Å². The topological polar surface area (TPSA) is 95.7 Å². The van der Waals surface area contributed by atoms with Crippen LogP contribution in [0, 0.1) is 11.3 Å². The minimum atomic E-state index is -0.0938. The van der Waals surface area contributed by atoms with E-state index in [0.29, 0.717) is 55.7 Å². The molecule has 0 bridgehead atoms. The van der Waals surface area contributed by atoms with Gasteiger partial charge in [0.25, 0.3) is 11.8 Å². The van der Waals surface area contributed by atoms with E-state index in [1.54, 1.807) is 35.2 Å². The Kier molecular flexibility index (Phi) is 5.52. The normalized spacial score (nSPS) is 13.7. The summed E-state index contributed by atoms with van der Waals surface area (Å²) in [5.74, 6) is 1.56. The first-order valence-electron chi connectivity index (χ1n) is 9.53. The Labute approximate surface area is 173 Å². The molecule has 1 aliphatic rings. The third-order valence-electron chi connectivity index (χ3n) is 4.78. The Bertz CT molecular complexity index is 1070. The smallest absolute Gasteiger partial charge is 0.266 e. The first kappa shape index (κ1) is 19.3. The van der Waals surface area contributed by atoms with Crippen molar-refractivity contribution in [3.05, 3.63) is 66.6 Å². The number of benzene rings is 1. The molecule has 0 atom stereocenters. The monoisotopic (exact) mass is 404 g/mol. The molecule has 0 aliphatic carbocycles. The highest BCUT2D eigenvalue weighted by atomic mass is 16.5. The lowest BCUT2D eigenvalue weighted by molar-refractivity contribution is 0.0741. The first-order chi connectivity index (χ1) is 14.7. The molecular formula is C22H20N4O4. The van der Waals surface area contributed by atoms with Gasteiger partial charge >= 0.3 is 0 Å². The number of nitrogens with zero attached hydrogens (tertiary/aromatic N) is 4. The van der Waals surface area contributed by atoms with E-state index >= 15 is 0 Å². The van der Waals surface area contributed by atoms with E-state index in [0.717, 1.165) is 0 Å². The Morgan fingerprint density at radius 1 is 1.23 bits per heavy atom. The first-order valence-corrected chi connectivity index (χ1v) is 9.53. The fourth-order valence-corrected chi connectivity index (χ4v) is 3.31. The predicted molar refractivity (Wildman–Crippen MR) is 109 cm³/mol. The van der Waals surface area contributed by atoms with Crippen molar-refractivity contribution in [2.45, 2.75) is 0 Å². The Hall–Kier alpha value is -3.99. The van der Waals surface area contributed by atoms with Crippen LogP contribution in [-0.4, -0.2) is 48.6 Å². The van der Waals surface area contributed by atoms with Gasteiger partial charge in [0.2, 0.25) is 11.6 Å². The average Bonchev–Trinajstić information content (AvgIpc) is 3.47. The minimum absolute atomic E-state index is 0.0938. The fourth-order valence-electron chi connectivity index (χ4n) is 3.31. The van der Waals surface area contributed by atoms with Gasteiger partial charge < -0.3 is 23.4 Å². The molecule has 3 heterocycles. The van der Waals surface area contributed by atoms with Crippen LogP contribution in [0.15, 0.2) is 64.2 Å². The van der Waals surface area contributed by atoms with Crippen LogP contribution in [0.5, 0.6) is 5.75 Å². The van der Waals surface area contributed by atoms with Crippen molar-refractivity contribution >= 4 is 11.8 Å². The second-order valence-electron chi connectivity index (χ2n) is 6.64. The molecule has 1 saturated heterocycles. The summed E-state index contributed by atoms with van der Waals surface area (Å²) in [6, 6.07) is 12.7. The molecule has 0 saturated carbocycles. The number of carbonyl (C=O) groups is 1. The quantitative estimate of drug-likeness (QED) is 0.582. The maximum atomic E-state index is 13.0. The van der Waals surface area contributed by atoms with Gasteiger partial charge in [0.1, 0.15) is 18.4 Å².